The number of likely N-dealkylation sites (N-methyl/N-ethyl adjacent to an activating group) is 1. The highest BCUT2D eigenvalue weighted by molar-refractivity contribution is 5.45. The molecule has 1 atom stereocenters. The Morgan fingerprint density at radius 3 is 2.47 bits per heavy atom. The van der Waals surface area contributed by atoms with Crippen LogP contribution in [0, 0.1) is 0 Å². The van der Waals surface area contributed by atoms with Crippen LogP contribution in [0.15, 0.2) is 18.3 Å². The van der Waals surface area contributed by atoms with Crippen LogP contribution in [0.4, 0.5) is 5.69 Å². The Balaban J connectivity index is 1.99. The minimum atomic E-state index is -0.485. The molecule has 0 amide bonds. The summed E-state index contributed by atoms with van der Waals surface area (Å²) in [4.78, 5) is 9.09. The molecule has 4 nitrogen and oxygen atoms in total. The lowest BCUT2D eigenvalue weighted by Crippen LogP contribution is -2.46. The van der Waals surface area contributed by atoms with Gasteiger partial charge in [-0.1, -0.05) is 6.92 Å². The fourth-order valence-electron chi connectivity index (χ4n) is 2.15. The first-order valence-corrected chi connectivity index (χ1v) is 6.32. The molecule has 1 aromatic heterocycles. The highest BCUT2D eigenvalue weighted by atomic mass is 16.3. The third-order valence-corrected chi connectivity index (χ3v) is 3.38. The zero-order chi connectivity index (χ0) is 12.3. The number of rotatable bonds is 3. The minimum Gasteiger partial charge on any atom is -0.387 e. The van der Waals surface area contributed by atoms with Crippen LogP contribution in [0.2, 0.25) is 0 Å². The van der Waals surface area contributed by atoms with Crippen LogP contribution in [0.1, 0.15) is 25.6 Å². The van der Waals surface area contributed by atoms with Crippen LogP contribution in [0.5, 0.6) is 0 Å². The number of nitrogens with zero attached hydrogens (tertiary/aromatic N) is 3. The third-order valence-electron chi connectivity index (χ3n) is 3.38. The number of hydrogen-bond acceptors (Lipinski definition) is 4. The van der Waals surface area contributed by atoms with Crippen molar-refractivity contribution >= 4 is 5.69 Å². The molecule has 1 aliphatic heterocycles. The molecule has 1 aromatic rings. The van der Waals surface area contributed by atoms with Gasteiger partial charge in [-0.2, -0.15) is 0 Å². The van der Waals surface area contributed by atoms with Crippen molar-refractivity contribution in [3.05, 3.63) is 24.0 Å². The number of pyridine rings is 1. The molecule has 2 rings (SSSR count). The van der Waals surface area contributed by atoms with Crippen LogP contribution in [0.25, 0.3) is 0 Å². The van der Waals surface area contributed by atoms with E-state index in [0.29, 0.717) is 0 Å². The molecule has 1 saturated heterocycles. The van der Waals surface area contributed by atoms with Crippen molar-refractivity contribution in [2.45, 2.75) is 20.0 Å². The van der Waals surface area contributed by atoms with Crippen LogP contribution in [0.3, 0.4) is 0 Å². The second kappa shape index (κ2) is 5.47. The van der Waals surface area contributed by atoms with Gasteiger partial charge in [0.1, 0.15) is 0 Å². The first kappa shape index (κ1) is 12.3. The zero-order valence-electron chi connectivity index (χ0n) is 10.6. The molecule has 94 valence electrons. The Kier molecular flexibility index (Phi) is 3.97. The highest BCUT2D eigenvalue weighted by Crippen LogP contribution is 2.17. The van der Waals surface area contributed by atoms with Crippen molar-refractivity contribution in [1.29, 1.82) is 0 Å². The van der Waals surface area contributed by atoms with Gasteiger partial charge in [0.05, 0.1) is 23.7 Å². The van der Waals surface area contributed by atoms with Gasteiger partial charge in [0, 0.05) is 26.2 Å². The first-order valence-electron chi connectivity index (χ1n) is 6.32. The summed E-state index contributed by atoms with van der Waals surface area (Å²) in [6, 6.07) is 3.96. The summed E-state index contributed by atoms with van der Waals surface area (Å²) in [5, 5.41) is 9.41. The summed E-state index contributed by atoms with van der Waals surface area (Å²) < 4.78 is 0. The molecule has 0 aliphatic carbocycles. The van der Waals surface area contributed by atoms with E-state index in [-0.39, 0.29) is 0 Å². The van der Waals surface area contributed by atoms with Gasteiger partial charge in [0.25, 0.3) is 0 Å². The SMILES string of the molecule is CCN1CCN(c2ccc(C(C)O)nc2)CC1. The summed E-state index contributed by atoms with van der Waals surface area (Å²) in [6.07, 6.45) is 1.38. The normalized spacial score (nSPS) is 19.4. The lowest BCUT2D eigenvalue weighted by molar-refractivity contribution is 0.194. The van der Waals surface area contributed by atoms with E-state index >= 15 is 0 Å². The van der Waals surface area contributed by atoms with Crippen molar-refractivity contribution in [2.75, 3.05) is 37.6 Å². The average Bonchev–Trinajstić information content (AvgIpc) is 2.39. The summed E-state index contributed by atoms with van der Waals surface area (Å²) in [6.45, 7) is 9.43. The maximum Gasteiger partial charge on any atom is 0.0931 e. The second-order valence-corrected chi connectivity index (χ2v) is 4.54. The largest absolute Gasteiger partial charge is 0.387 e. The van der Waals surface area contributed by atoms with Crippen molar-refractivity contribution in [3.63, 3.8) is 0 Å². The predicted octanol–water partition coefficient (Wildman–Crippen LogP) is 1.28. The molecule has 17 heavy (non-hydrogen) atoms. The summed E-state index contributed by atoms with van der Waals surface area (Å²) >= 11 is 0. The number of anilines is 1. The van der Waals surface area contributed by atoms with E-state index in [4.69, 9.17) is 0 Å². The Morgan fingerprint density at radius 2 is 2.00 bits per heavy atom. The first-order chi connectivity index (χ1) is 8.20. The van der Waals surface area contributed by atoms with Crippen molar-refractivity contribution in [3.8, 4) is 0 Å². The number of aliphatic hydroxyl groups excluding tert-OH is 1. The Hall–Kier alpha value is -1.13. The molecule has 0 spiro atoms. The lowest BCUT2D eigenvalue weighted by atomic mass is 10.2. The number of piperazine rings is 1. The molecule has 4 heteroatoms. The Morgan fingerprint density at radius 1 is 1.29 bits per heavy atom. The maximum absolute atomic E-state index is 9.41. The second-order valence-electron chi connectivity index (χ2n) is 4.54. The standard InChI is InChI=1S/C13H21N3O/c1-3-15-6-8-16(9-7-15)12-4-5-13(11(2)17)14-10-12/h4-5,10-11,17H,3,6-9H2,1-2H3. The van der Waals surface area contributed by atoms with Gasteiger partial charge < -0.3 is 14.9 Å². The van der Waals surface area contributed by atoms with E-state index < -0.39 is 6.10 Å². The van der Waals surface area contributed by atoms with Gasteiger partial charge in [-0.15, -0.1) is 0 Å². The van der Waals surface area contributed by atoms with Gasteiger partial charge in [-0.3, -0.25) is 4.98 Å². The topological polar surface area (TPSA) is 39.6 Å². The van der Waals surface area contributed by atoms with Crippen molar-refractivity contribution in [2.24, 2.45) is 0 Å². The van der Waals surface area contributed by atoms with E-state index in [2.05, 4.69) is 27.8 Å². The van der Waals surface area contributed by atoms with Gasteiger partial charge in [0.2, 0.25) is 0 Å². The van der Waals surface area contributed by atoms with Crippen LogP contribution in [-0.4, -0.2) is 47.7 Å². The highest BCUT2D eigenvalue weighted by Gasteiger charge is 2.16. The lowest BCUT2D eigenvalue weighted by Gasteiger charge is -2.35. The monoisotopic (exact) mass is 235 g/mol. The quantitative estimate of drug-likeness (QED) is 0.856. The maximum atomic E-state index is 9.41. The van der Waals surface area contributed by atoms with Gasteiger partial charge in [-0.25, -0.2) is 0 Å². The van der Waals surface area contributed by atoms with Gasteiger partial charge in [-0.05, 0) is 25.6 Å². The number of aromatic nitrogens is 1. The molecular formula is C13H21N3O. The molecule has 0 aromatic carbocycles. The third kappa shape index (κ3) is 2.96. The van der Waals surface area contributed by atoms with Crippen molar-refractivity contribution < 1.29 is 5.11 Å². The molecule has 0 bridgehead atoms. The molecule has 1 fully saturated rings. The van der Waals surface area contributed by atoms with Crippen molar-refractivity contribution in [1.82, 2.24) is 9.88 Å². The van der Waals surface area contributed by atoms with E-state index in [1.807, 2.05) is 12.3 Å². The zero-order valence-corrected chi connectivity index (χ0v) is 10.6. The molecule has 1 aliphatic rings. The molecule has 0 radical (unpaired) electrons. The Bertz CT molecular complexity index is 342. The van der Waals surface area contributed by atoms with Gasteiger partial charge >= 0.3 is 0 Å². The average molecular weight is 235 g/mol. The smallest absolute Gasteiger partial charge is 0.0931 e. The molecule has 1 N–H and O–H groups in total. The van der Waals surface area contributed by atoms with Gasteiger partial charge in [0.15, 0.2) is 0 Å². The van der Waals surface area contributed by atoms with E-state index in [0.717, 1.165) is 44.1 Å². The summed E-state index contributed by atoms with van der Waals surface area (Å²) in [5.41, 5.74) is 1.89. The van der Waals surface area contributed by atoms with Crippen LogP contribution >= 0.6 is 0 Å². The molecular weight excluding hydrogens is 214 g/mol. The molecule has 2 heterocycles. The summed E-state index contributed by atoms with van der Waals surface area (Å²) in [7, 11) is 0. The fourth-order valence-corrected chi connectivity index (χ4v) is 2.15. The van der Waals surface area contributed by atoms with E-state index in [9.17, 15) is 5.11 Å². The van der Waals surface area contributed by atoms with E-state index in [1.165, 1.54) is 0 Å². The molecule has 1 unspecified atom stereocenters. The predicted molar refractivity (Wildman–Crippen MR) is 69.2 cm³/mol. The van der Waals surface area contributed by atoms with Crippen LogP contribution in [-0.2, 0) is 0 Å². The number of aliphatic hydroxyl groups is 1. The van der Waals surface area contributed by atoms with Crippen LogP contribution < -0.4 is 4.90 Å². The fraction of sp³-hybridized carbons (Fsp3) is 0.615. The minimum absolute atomic E-state index is 0.485. The molecule has 0 saturated carbocycles. The number of hydrogen-bond donors (Lipinski definition) is 1. The van der Waals surface area contributed by atoms with E-state index in [1.54, 1.807) is 6.92 Å². The summed E-state index contributed by atoms with van der Waals surface area (Å²) in [5.74, 6) is 0. The Labute approximate surface area is 103 Å².